The van der Waals surface area contributed by atoms with E-state index in [-0.39, 0.29) is 18.4 Å². The van der Waals surface area contributed by atoms with Gasteiger partial charge < -0.3 is 19.9 Å². The summed E-state index contributed by atoms with van der Waals surface area (Å²) in [5.74, 6) is -0.533. The van der Waals surface area contributed by atoms with Crippen LogP contribution in [-0.4, -0.2) is 50.5 Å². The Balaban J connectivity index is 3.84. The molecule has 0 spiro atoms. The van der Waals surface area contributed by atoms with Crippen LogP contribution in [-0.2, 0) is 19.1 Å². The molecule has 0 saturated carbocycles. The maximum atomic E-state index is 11.1. The highest BCUT2D eigenvalue weighted by atomic mass is 16.5. The van der Waals surface area contributed by atoms with E-state index in [0.717, 1.165) is 5.57 Å². The fraction of sp³-hybridized carbons (Fsp3) is 0.714. The molecule has 6 heteroatoms. The summed E-state index contributed by atoms with van der Waals surface area (Å²) >= 11 is 0. The fourth-order valence-electron chi connectivity index (χ4n) is 1.66. The van der Waals surface area contributed by atoms with Crippen molar-refractivity contribution >= 4 is 11.9 Å². The highest BCUT2D eigenvalue weighted by molar-refractivity contribution is 5.69. The Morgan fingerprint density at radius 1 is 1.15 bits per heavy atom. The predicted molar refractivity (Wildman–Crippen MR) is 75.1 cm³/mol. The van der Waals surface area contributed by atoms with Crippen LogP contribution in [0, 0.1) is 0 Å². The summed E-state index contributed by atoms with van der Waals surface area (Å²) in [4.78, 5) is 21.9. The molecule has 0 aromatic carbocycles. The third kappa shape index (κ3) is 9.52. The van der Waals surface area contributed by atoms with Crippen molar-refractivity contribution in [3.05, 3.63) is 11.6 Å². The predicted octanol–water partition coefficient (Wildman–Crippen LogP) is 0.790. The highest BCUT2D eigenvalue weighted by Gasteiger charge is 2.09. The van der Waals surface area contributed by atoms with E-state index in [0.29, 0.717) is 32.4 Å². The number of carbonyl (C=O) groups excluding carboxylic acids is 2. The molecule has 1 unspecified atom stereocenters. The first-order valence-corrected chi connectivity index (χ1v) is 6.70. The van der Waals surface area contributed by atoms with E-state index in [1.54, 1.807) is 0 Å². The van der Waals surface area contributed by atoms with Crippen LogP contribution in [0.5, 0.6) is 0 Å². The van der Waals surface area contributed by atoms with Crippen LogP contribution in [0.1, 0.15) is 32.6 Å². The molecule has 0 aliphatic rings. The molecule has 20 heavy (non-hydrogen) atoms. The Labute approximate surface area is 120 Å². The SMILES string of the molecule is C/C=C(\CCC(=O)OC)CC(O)CNCCC(=O)OC. The van der Waals surface area contributed by atoms with Gasteiger partial charge >= 0.3 is 11.9 Å². The van der Waals surface area contributed by atoms with Crippen LogP contribution in [0.25, 0.3) is 0 Å². The first kappa shape index (κ1) is 18.6. The van der Waals surface area contributed by atoms with Gasteiger partial charge in [-0.3, -0.25) is 9.59 Å². The largest absolute Gasteiger partial charge is 0.469 e. The highest BCUT2D eigenvalue weighted by Crippen LogP contribution is 2.12. The molecule has 0 heterocycles. The number of rotatable bonds is 10. The number of esters is 2. The number of methoxy groups -OCH3 is 2. The second-order valence-corrected chi connectivity index (χ2v) is 4.41. The number of carbonyl (C=O) groups is 2. The average molecular weight is 287 g/mol. The molecule has 0 radical (unpaired) electrons. The van der Waals surface area contributed by atoms with E-state index in [1.807, 2.05) is 13.0 Å². The zero-order chi connectivity index (χ0) is 15.4. The van der Waals surface area contributed by atoms with Crippen molar-refractivity contribution in [2.75, 3.05) is 27.3 Å². The van der Waals surface area contributed by atoms with Crippen molar-refractivity contribution in [1.29, 1.82) is 0 Å². The molecule has 0 aliphatic carbocycles. The molecular weight excluding hydrogens is 262 g/mol. The molecule has 0 rings (SSSR count). The van der Waals surface area contributed by atoms with Crippen LogP contribution >= 0.6 is 0 Å². The molecule has 0 saturated heterocycles. The first-order chi connectivity index (χ1) is 9.53. The maximum Gasteiger partial charge on any atom is 0.306 e. The summed E-state index contributed by atoms with van der Waals surface area (Å²) < 4.78 is 9.09. The van der Waals surface area contributed by atoms with Gasteiger partial charge in [-0.1, -0.05) is 11.6 Å². The second-order valence-electron chi connectivity index (χ2n) is 4.41. The number of ether oxygens (including phenoxy) is 2. The van der Waals surface area contributed by atoms with Crippen LogP contribution in [0.3, 0.4) is 0 Å². The van der Waals surface area contributed by atoms with Crippen molar-refractivity contribution in [3.63, 3.8) is 0 Å². The number of hydrogen-bond donors (Lipinski definition) is 2. The van der Waals surface area contributed by atoms with Gasteiger partial charge in [-0.25, -0.2) is 0 Å². The Kier molecular flexibility index (Phi) is 10.6. The Morgan fingerprint density at radius 3 is 2.30 bits per heavy atom. The van der Waals surface area contributed by atoms with Crippen molar-refractivity contribution < 1.29 is 24.2 Å². The quantitative estimate of drug-likeness (QED) is 0.351. The van der Waals surface area contributed by atoms with E-state index in [2.05, 4.69) is 14.8 Å². The minimum absolute atomic E-state index is 0.255. The molecule has 0 fully saturated rings. The van der Waals surface area contributed by atoms with Crippen LogP contribution in [0.4, 0.5) is 0 Å². The molecule has 116 valence electrons. The van der Waals surface area contributed by atoms with Gasteiger partial charge in [-0.05, 0) is 19.8 Å². The van der Waals surface area contributed by atoms with Gasteiger partial charge in [-0.15, -0.1) is 0 Å². The maximum absolute atomic E-state index is 11.1. The monoisotopic (exact) mass is 287 g/mol. The standard InChI is InChI=1S/C14H25NO5/c1-4-11(5-6-13(17)19-2)9-12(16)10-15-8-7-14(18)20-3/h4,12,15-16H,5-10H2,1-3H3/b11-4+. The van der Waals surface area contributed by atoms with Crippen molar-refractivity contribution in [1.82, 2.24) is 5.32 Å². The van der Waals surface area contributed by atoms with E-state index >= 15 is 0 Å². The normalized spacial score (nSPS) is 12.9. The van der Waals surface area contributed by atoms with E-state index in [4.69, 9.17) is 0 Å². The minimum Gasteiger partial charge on any atom is -0.469 e. The number of allylic oxidation sites excluding steroid dienone is 1. The number of hydrogen-bond acceptors (Lipinski definition) is 6. The summed E-state index contributed by atoms with van der Waals surface area (Å²) in [6, 6.07) is 0. The molecular formula is C14H25NO5. The molecule has 6 nitrogen and oxygen atoms in total. The smallest absolute Gasteiger partial charge is 0.306 e. The average Bonchev–Trinajstić information content (AvgIpc) is 2.46. The van der Waals surface area contributed by atoms with Gasteiger partial charge in [0.15, 0.2) is 0 Å². The lowest BCUT2D eigenvalue weighted by molar-refractivity contribution is -0.141. The van der Waals surface area contributed by atoms with Crippen molar-refractivity contribution in [2.45, 2.75) is 38.7 Å². The van der Waals surface area contributed by atoms with Gasteiger partial charge in [0.2, 0.25) is 0 Å². The molecule has 0 aromatic rings. The second kappa shape index (κ2) is 11.4. The van der Waals surface area contributed by atoms with Gasteiger partial charge in [0.1, 0.15) is 0 Å². The Bertz CT molecular complexity index is 328. The minimum atomic E-state index is -0.545. The van der Waals surface area contributed by atoms with E-state index in [9.17, 15) is 14.7 Å². The van der Waals surface area contributed by atoms with E-state index < -0.39 is 6.10 Å². The Morgan fingerprint density at radius 2 is 1.75 bits per heavy atom. The molecule has 2 N–H and O–H groups in total. The zero-order valence-electron chi connectivity index (χ0n) is 12.5. The van der Waals surface area contributed by atoms with Gasteiger partial charge in [0, 0.05) is 19.5 Å². The van der Waals surface area contributed by atoms with Gasteiger partial charge in [0.05, 0.1) is 26.7 Å². The third-order valence-electron chi connectivity index (χ3n) is 2.90. The van der Waals surface area contributed by atoms with Crippen LogP contribution < -0.4 is 5.32 Å². The summed E-state index contributed by atoms with van der Waals surface area (Å²) in [5.41, 5.74) is 1.01. The lowest BCUT2D eigenvalue weighted by Crippen LogP contribution is -2.29. The topological polar surface area (TPSA) is 84.9 Å². The van der Waals surface area contributed by atoms with Gasteiger partial charge in [-0.2, -0.15) is 0 Å². The summed E-state index contributed by atoms with van der Waals surface area (Å²) in [6.45, 7) is 2.74. The molecule has 1 atom stereocenters. The number of aliphatic hydroxyl groups excluding tert-OH is 1. The summed E-state index contributed by atoms with van der Waals surface area (Å²) in [6.07, 6.45) is 3.04. The summed E-state index contributed by atoms with van der Waals surface area (Å²) in [7, 11) is 2.70. The number of nitrogens with one attached hydrogen (secondary N) is 1. The van der Waals surface area contributed by atoms with Crippen LogP contribution in [0.15, 0.2) is 11.6 Å². The van der Waals surface area contributed by atoms with Crippen molar-refractivity contribution in [2.24, 2.45) is 0 Å². The molecule has 0 bridgehead atoms. The lowest BCUT2D eigenvalue weighted by Gasteiger charge is -2.14. The molecule has 0 aromatic heterocycles. The molecule has 0 amide bonds. The first-order valence-electron chi connectivity index (χ1n) is 6.70. The number of aliphatic hydroxyl groups is 1. The van der Waals surface area contributed by atoms with E-state index in [1.165, 1.54) is 14.2 Å². The van der Waals surface area contributed by atoms with Gasteiger partial charge in [0.25, 0.3) is 0 Å². The third-order valence-corrected chi connectivity index (χ3v) is 2.90. The fourth-order valence-corrected chi connectivity index (χ4v) is 1.66. The Hall–Kier alpha value is -1.40. The summed E-state index contributed by atoms with van der Waals surface area (Å²) in [5, 5.41) is 12.8. The van der Waals surface area contributed by atoms with Crippen LogP contribution in [0.2, 0.25) is 0 Å². The lowest BCUT2D eigenvalue weighted by atomic mass is 10.0. The molecule has 0 aliphatic heterocycles. The zero-order valence-corrected chi connectivity index (χ0v) is 12.5. The van der Waals surface area contributed by atoms with Crippen molar-refractivity contribution in [3.8, 4) is 0 Å².